The normalized spacial score (nSPS) is 29.6. The Labute approximate surface area is 234 Å². The van der Waals surface area contributed by atoms with Crippen LogP contribution in [-0.2, 0) is 18.9 Å². The number of hydrogen-bond acceptors (Lipinski definition) is 4. The molecule has 206 valence electrons. The first-order chi connectivity index (χ1) is 18.8. The highest BCUT2D eigenvalue weighted by molar-refractivity contribution is 6.99. The van der Waals surface area contributed by atoms with Crippen molar-refractivity contribution in [3.05, 3.63) is 96.6 Å². The summed E-state index contributed by atoms with van der Waals surface area (Å²) in [6.07, 6.45) is 7.37. The molecule has 6 rings (SSSR count). The van der Waals surface area contributed by atoms with Crippen LogP contribution in [0.2, 0.25) is 5.04 Å². The van der Waals surface area contributed by atoms with Crippen molar-refractivity contribution < 1.29 is 18.9 Å². The van der Waals surface area contributed by atoms with Gasteiger partial charge in [-0.05, 0) is 52.6 Å². The zero-order valence-corrected chi connectivity index (χ0v) is 24.6. The molecule has 1 saturated heterocycles. The van der Waals surface area contributed by atoms with Gasteiger partial charge >= 0.3 is 0 Å². The van der Waals surface area contributed by atoms with Crippen molar-refractivity contribution in [2.24, 2.45) is 0 Å². The van der Waals surface area contributed by atoms with Crippen molar-refractivity contribution in [1.29, 1.82) is 0 Å². The van der Waals surface area contributed by atoms with E-state index in [4.69, 9.17) is 18.9 Å². The van der Waals surface area contributed by atoms with E-state index < -0.39 is 19.9 Å². The minimum atomic E-state index is -2.65. The molecule has 2 aliphatic carbocycles. The van der Waals surface area contributed by atoms with Gasteiger partial charge < -0.3 is 9.16 Å². The van der Waals surface area contributed by atoms with Crippen molar-refractivity contribution in [1.82, 2.24) is 0 Å². The first kappa shape index (κ1) is 26.9. The van der Waals surface area contributed by atoms with Gasteiger partial charge in [-0.3, -0.25) is 0 Å². The maximum Gasteiger partial charge on any atom is 0.261 e. The smallest absolute Gasteiger partial charge is 0.261 e. The molecule has 0 unspecified atom stereocenters. The van der Waals surface area contributed by atoms with Gasteiger partial charge in [0.2, 0.25) is 11.6 Å². The van der Waals surface area contributed by atoms with Crippen molar-refractivity contribution >= 4 is 18.7 Å². The second-order valence-electron chi connectivity index (χ2n) is 12.8. The molecular weight excluding hydrogens is 500 g/mol. The van der Waals surface area contributed by atoms with Crippen LogP contribution in [0.25, 0.3) is 0 Å². The Hall–Kier alpha value is -2.28. The third-order valence-corrected chi connectivity index (χ3v) is 14.2. The third-order valence-electron chi connectivity index (χ3n) is 9.12. The summed E-state index contributed by atoms with van der Waals surface area (Å²) in [6.45, 7) is 7.01. The summed E-state index contributed by atoms with van der Waals surface area (Å²) in [5.74, 6) is -0.809. The fraction of sp³-hybridized carbons (Fsp3) is 0.471. The summed E-state index contributed by atoms with van der Waals surface area (Å²) in [5.41, 5.74) is 1.41. The van der Waals surface area contributed by atoms with Gasteiger partial charge in [-0.15, -0.1) is 0 Å². The van der Waals surface area contributed by atoms with E-state index in [2.05, 4.69) is 112 Å². The molecule has 2 saturated carbocycles. The molecule has 5 heteroatoms. The first-order valence-corrected chi connectivity index (χ1v) is 16.6. The second-order valence-corrected chi connectivity index (χ2v) is 17.0. The standard InChI is InChI=1S/C34H42O4Si/c1-32(2,3)39(30-17-9-5-10-18-30,31-19-11-6-12-20-31)35-29-16-13-23-34(26-29)36-33(37-38-34)24-21-28(22-25-33)27-14-7-4-8-15-27/h4-12,14-15,17-20,28-29H,13,16,21-26H2,1-3H3/t28?,29-,33?,34-/m1/s1. The van der Waals surface area contributed by atoms with Gasteiger partial charge in [0.1, 0.15) is 0 Å². The molecule has 0 radical (unpaired) electrons. The van der Waals surface area contributed by atoms with E-state index in [1.165, 1.54) is 15.9 Å². The number of benzene rings is 3. The van der Waals surface area contributed by atoms with Crippen LogP contribution in [0.3, 0.4) is 0 Å². The Balaban J connectivity index is 1.23. The quantitative estimate of drug-likeness (QED) is 0.252. The molecule has 1 heterocycles. The van der Waals surface area contributed by atoms with E-state index in [0.29, 0.717) is 12.3 Å². The minimum Gasteiger partial charge on any atom is -0.404 e. The summed E-state index contributed by atoms with van der Waals surface area (Å²) in [7, 11) is -2.65. The fourth-order valence-electron chi connectivity index (χ4n) is 7.19. The summed E-state index contributed by atoms with van der Waals surface area (Å²) >= 11 is 0. The summed E-state index contributed by atoms with van der Waals surface area (Å²) in [6, 6.07) is 32.6. The fourth-order valence-corrected chi connectivity index (χ4v) is 11.9. The highest BCUT2D eigenvalue weighted by Gasteiger charge is 2.58. The predicted octanol–water partition coefficient (Wildman–Crippen LogP) is 7.23. The summed E-state index contributed by atoms with van der Waals surface area (Å²) in [4.78, 5) is 12.3. The molecule has 3 aromatic carbocycles. The van der Waals surface area contributed by atoms with Crippen LogP contribution in [0.5, 0.6) is 0 Å². The molecule has 2 spiro atoms. The Kier molecular flexibility index (Phi) is 7.32. The van der Waals surface area contributed by atoms with Crippen LogP contribution in [0, 0.1) is 0 Å². The van der Waals surface area contributed by atoms with Gasteiger partial charge in [0.15, 0.2) is 0 Å². The Morgan fingerprint density at radius 1 is 0.692 bits per heavy atom. The summed E-state index contributed by atoms with van der Waals surface area (Å²) in [5, 5.41) is 2.55. The van der Waals surface area contributed by atoms with Gasteiger partial charge in [0.05, 0.1) is 6.10 Å². The number of rotatable bonds is 5. The van der Waals surface area contributed by atoms with Gasteiger partial charge in [-0.25, -0.2) is 0 Å². The SMILES string of the molecule is CC(C)(C)[Si](O[C@@H]1CCC[C@]2(C1)OOC1(CCC(c3ccccc3)CC1)O2)(c1ccccc1)c1ccccc1. The van der Waals surface area contributed by atoms with Gasteiger partial charge in [-0.2, -0.15) is 9.78 Å². The topological polar surface area (TPSA) is 36.9 Å². The van der Waals surface area contributed by atoms with E-state index in [1.807, 2.05) is 0 Å². The highest BCUT2D eigenvalue weighted by Crippen LogP contribution is 2.51. The Morgan fingerprint density at radius 2 is 1.23 bits per heavy atom. The van der Waals surface area contributed by atoms with Crippen LogP contribution < -0.4 is 10.4 Å². The van der Waals surface area contributed by atoms with Gasteiger partial charge in [0, 0.05) is 25.7 Å². The molecule has 3 aromatic rings. The van der Waals surface area contributed by atoms with E-state index in [1.54, 1.807) is 0 Å². The molecule has 4 nitrogen and oxygen atoms in total. The maximum atomic E-state index is 7.48. The van der Waals surface area contributed by atoms with Crippen molar-refractivity contribution in [2.45, 2.75) is 101 Å². The molecule has 0 aromatic heterocycles. The average molecular weight is 543 g/mol. The van der Waals surface area contributed by atoms with E-state index in [-0.39, 0.29) is 11.1 Å². The lowest BCUT2D eigenvalue weighted by Gasteiger charge is -2.47. The average Bonchev–Trinajstić information content (AvgIpc) is 3.29. The van der Waals surface area contributed by atoms with E-state index >= 15 is 0 Å². The lowest BCUT2D eigenvalue weighted by Crippen LogP contribution is -2.68. The molecular formula is C34H42O4Si. The highest BCUT2D eigenvalue weighted by atomic mass is 28.4. The van der Waals surface area contributed by atoms with Gasteiger partial charge in [-0.1, -0.05) is 112 Å². The lowest BCUT2D eigenvalue weighted by atomic mass is 9.81. The Bertz CT molecular complexity index is 1180. The van der Waals surface area contributed by atoms with Crippen LogP contribution in [0.4, 0.5) is 0 Å². The maximum absolute atomic E-state index is 7.48. The molecule has 2 atom stereocenters. The first-order valence-electron chi connectivity index (χ1n) is 14.7. The minimum absolute atomic E-state index is 0.0319. The number of ether oxygens (including phenoxy) is 1. The summed E-state index contributed by atoms with van der Waals surface area (Å²) < 4.78 is 14.3. The molecule has 3 fully saturated rings. The number of hydrogen-bond donors (Lipinski definition) is 0. The molecule has 1 aliphatic heterocycles. The van der Waals surface area contributed by atoms with Crippen LogP contribution in [0.15, 0.2) is 91.0 Å². The van der Waals surface area contributed by atoms with Gasteiger partial charge in [0.25, 0.3) is 8.32 Å². The second kappa shape index (κ2) is 10.6. The lowest BCUT2D eigenvalue weighted by molar-refractivity contribution is -0.360. The Morgan fingerprint density at radius 3 is 1.79 bits per heavy atom. The molecule has 0 bridgehead atoms. The molecule has 0 amide bonds. The molecule has 39 heavy (non-hydrogen) atoms. The third kappa shape index (κ3) is 5.16. The largest absolute Gasteiger partial charge is 0.404 e. The molecule has 3 aliphatic rings. The monoisotopic (exact) mass is 542 g/mol. The van der Waals surface area contributed by atoms with Crippen LogP contribution >= 0.6 is 0 Å². The molecule has 0 N–H and O–H groups in total. The van der Waals surface area contributed by atoms with Crippen molar-refractivity contribution in [3.63, 3.8) is 0 Å². The van der Waals surface area contributed by atoms with E-state index in [0.717, 1.165) is 44.9 Å². The van der Waals surface area contributed by atoms with Crippen LogP contribution in [0.1, 0.15) is 83.6 Å². The predicted molar refractivity (Wildman–Crippen MR) is 157 cm³/mol. The van der Waals surface area contributed by atoms with Crippen molar-refractivity contribution in [2.75, 3.05) is 0 Å². The zero-order chi connectivity index (χ0) is 27.0. The van der Waals surface area contributed by atoms with E-state index in [9.17, 15) is 0 Å². The zero-order valence-electron chi connectivity index (χ0n) is 23.6. The van der Waals surface area contributed by atoms with Crippen molar-refractivity contribution in [3.8, 4) is 0 Å². The van der Waals surface area contributed by atoms with Crippen LogP contribution in [-0.4, -0.2) is 26.0 Å².